The van der Waals surface area contributed by atoms with E-state index >= 15 is 0 Å². The van der Waals surface area contributed by atoms with E-state index < -0.39 is 0 Å². The van der Waals surface area contributed by atoms with Gasteiger partial charge in [-0.1, -0.05) is 42.7 Å². The normalized spacial score (nSPS) is 21.5. The molecule has 5 heteroatoms. The van der Waals surface area contributed by atoms with Gasteiger partial charge in [0.25, 0.3) is 11.8 Å². The molecule has 1 aliphatic heterocycles. The number of benzene rings is 2. The van der Waals surface area contributed by atoms with Crippen molar-refractivity contribution >= 4 is 23.4 Å². The molecule has 1 heterocycles. The number of nitrogens with zero attached hydrogens (tertiary/aromatic N) is 1. The third kappa shape index (κ3) is 3.44. The van der Waals surface area contributed by atoms with E-state index in [2.05, 4.69) is 5.32 Å². The van der Waals surface area contributed by atoms with Gasteiger partial charge in [-0.2, -0.15) is 0 Å². The van der Waals surface area contributed by atoms with Gasteiger partial charge in [0.2, 0.25) is 5.91 Å². The lowest BCUT2D eigenvalue weighted by atomic mass is 9.78. The molecule has 2 unspecified atom stereocenters. The summed E-state index contributed by atoms with van der Waals surface area (Å²) in [5.41, 5.74) is 2.84. The number of rotatable bonds is 4. The first kappa shape index (κ1) is 18.4. The lowest BCUT2D eigenvalue weighted by Crippen LogP contribution is -2.41. The highest BCUT2D eigenvalue weighted by atomic mass is 16.2. The predicted molar refractivity (Wildman–Crippen MR) is 107 cm³/mol. The van der Waals surface area contributed by atoms with Crippen LogP contribution in [0, 0.1) is 18.8 Å². The van der Waals surface area contributed by atoms with E-state index in [4.69, 9.17) is 0 Å². The number of carbonyl (C=O) groups excluding carboxylic acids is 3. The molecule has 2 aromatic carbocycles. The number of carbonyl (C=O) groups is 3. The minimum Gasteiger partial charge on any atom is -0.326 e. The lowest BCUT2D eigenvalue weighted by molar-refractivity contribution is -0.122. The fraction of sp³-hybridized carbons (Fsp3) is 0.348. The summed E-state index contributed by atoms with van der Waals surface area (Å²) in [6, 6.07) is 14.7. The number of fused-ring (bicyclic) bond motifs is 1. The number of hydrogen-bond donors (Lipinski definition) is 1. The van der Waals surface area contributed by atoms with Crippen LogP contribution < -0.4 is 5.32 Å². The van der Waals surface area contributed by atoms with Gasteiger partial charge in [-0.3, -0.25) is 19.3 Å². The molecule has 4 rings (SSSR count). The summed E-state index contributed by atoms with van der Waals surface area (Å²) in [4.78, 5) is 39.6. The van der Waals surface area contributed by atoms with Crippen LogP contribution >= 0.6 is 0 Å². The Balaban J connectivity index is 1.48. The second kappa shape index (κ2) is 7.58. The third-order valence-electron chi connectivity index (χ3n) is 5.86. The van der Waals surface area contributed by atoms with Crippen LogP contribution in [0.15, 0.2) is 48.5 Å². The van der Waals surface area contributed by atoms with Gasteiger partial charge in [-0.15, -0.1) is 0 Å². The van der Waals surface area contributed by atoms with Crippen LogP contribution in [-0.2, 0) is 4.79 Å². The Morgan fingerprint density at radius 1 is 0.964 bits per heavy atom. The first-order valence-corrected chi connectivity index (χ1v) is 9.87. The Morgan fingerprint density at radius 3 is 2.21 bits per heavy atom. The van der Waals surface area contributed by atoms with Gasteiger partial charge in [0.05, 0.1) is 11.1 Å². The molecular formula is C23H24N2O3. The Hall–Kier alpha value is -2.95. The standard InChI is InChI=1S/C23H24N2O3/c1-15-10-12-17(13-11-15)24-21(26)18-7-3-2-6-16(18)14-25-22(27)19-8-4-5-9-20(19)23(25)28/h4-5,8-13,16,18H,2-3,6-7,14H2,1H3,(H,24,26). The van der Waals surface area contributed by atoms with E-state index in [0.717, 1.165) is 36.9 Å². The highest BCUT2D eigenvalue weighted by Crippen LogP contribution is 2.34. The van der Waals surface area contributed by atoms with E-state index in [1.54, 1.807) is 24.3 Å². The zero-order chi connectivity index (χ0) is 19.7. The minimum atomic E-state index is -0.246. The lowest BCUT2D eigenvalue weighted by Gasteiger charge is -2.32. The Kier molecular flexibility index (Phi) is 4.99. The maximum absolute atomic E-state index is 12.9. The second-order valence-corrected chi connectivity index (χ2v) is 7.77. The van der Waals surface area contributed by atoms with Crippen molar-refractivity contribution in [2.24, 2.45) is 11.8 Å². The van der Waals surface area contributed by atoms with Crippen molar-refractivity contribution in [3.05, 3.63) is 65.2 Å². The zero-order valence-electron chi connectivity index (χ0n) is 16.0. The van der Waals surface area contributed by atoms with Crippen LogP contribution in [0.25, 0.3) is 0 Å². The predicted octanol–water partition coefficient (Wildman–Crippen LogP) is 4.04. The van der Waals surface area contributed by atoms with E-state index in [1.165, 1.54) is 4.90 Å². The second-order valence-electron chi connectivity index (χ2n) is 7.77. The summed E-state index contributed by atoms with van der Waals surface area (Å²) in [7, 11) is 0. The molecule has 2 aromatic rings. The van der Waals surface area contributed by atoms with E-state index in [-0.39, 0.29) is 29.6 Å². The van der Waals surface area contributed by atoms with Crippen molar-refractivity contribution in [3.63, 3.8) is 0 Å². The molecule has 2 aliphatic rings. The van der Waals surface area contributed by atoms with E-state index in [9.17, 15) is 14.4 Å². The summed E-state index contributed by atoms with van der Waals surface area (Å²) in [5, 5.41) is 3.01. The largest absolute Gasteiger partial charge is 0.326 e. The number of imide groups is 1. The number of nitrogens with one attached hydrogen (secondary N) is 1. The molecule has 0 aromatic heterocycles. The van der Waals surface area contributed by atoms with Gasteiger partial charge >= 0.3 is 0 Å². The molecule has 5 nitrogen and oxygen atoms in total. The van der Waals surface area contributed by atoms with E-state index in [0.29, 0.717) is 17.7 Å². The third-order valence-corrected chi connectivity index (χ3v) is 5.86. The topological polar surface area (TPSA) is 66.5 Å². The minimum absolute atomic E-state index is 0.0126. The Bertz CT molecular complexity index is 885. The molecule has 1 saturated carbocycles. The van der Waals surface area contributed by atoms with Crippen molar-refractivity contribution in [3.8, 4) is 0 Å². The molecule has 0 saturated heterocycles. The Labute approximate surface area is 164 Å². The van der Waals surface area contributed by atoms with Crippen molar-refractivity contribution in [1.82, 2.24) is 4.90 Å². The summed E-state index contributed by atoms with van der Waals surface area (Å²) in [6.07, 6.45) is 3.64. The molecule has 28 heavy (non-hydrogen) atoms. The van der Waals surface area contributed by atoms with Crippen molar-refractivity contribution < 1.29 is 14.4 Å². The summed E-state index contributed by atoms with van der Waals surface area (Å²) in [5.74, 6) is -0.723. The molecular weight excluding hydrogens is 352 g/mol. The summed E-state index contributed by atoms with van der Waals surface area (Å²) in [6.45, 7) is 2.31. The van der Waals surface area contributed by atoms with Gasteiger partial charge in [0, 0.05) is 18.2 Å². The summed E-state index contributed by atoms with van der Waals surface area (Å²) >= 11 is 0. The van der Waals surface area contributed by atoms with Crippen molar-refractivity contribution in [1.29, 1.82) is 0 Å². The van der Waals surface area contributed by atoms with Crippen LogP contribution in [-0.4, -0.2) is 29.2 Å². The smallest absolute Gasteiger partial charge is 0.261 e. The number of anilines is 1. The number of aryl methyl sites for hydroxylation is 1. The molecule has 0 bridgehead atoms. The van der Waals surface area contributed by atoms with Gasteiger partial charge in [0.1, 0.15) is 0 Å². The first-order valence-electron chi connectivity index (χ1n) is 9.87. The number of hydrogen-bond acceptors (Lipinski definition) is 3. The maximum Gasteiger partial charge on any atom is 0.261 e. The quantitative estimate of drug-likeness (QED) is 0.819. The van der Waals surface area contributed by atoms with Crippen LogP contribution in [0.1, 0.15) is 52.0 Å². The molecule has 0 radical (unpaired) electrons. The summed E-state index contributed by atoms with van der Waals surface area (Å²) < 4.78 is 0. The molecule has 1 N–H and O–H groups in total. The van der Waals surface area contributed by atoms with Crippen LogP contribution in [0.5, 0.6) is 0 Å². The van der Waals surface area contributed by atoms with Crippen LogP contribution in [0.3, 0.4) is 0 Å². The van der Waals surface area contributed by atoms with Gasteiger partial charge in [0.15, 0.2) is 0 Å². The van der Waals surface area contributed by atoms with Crippen molar-refractivity contribution in [2.75, 3.05) is 11.9 Å². The van der Waals surface area contributed by atoms with Gasteiger partial charge < -0.3 is 5.32 Å². The fourth-order valence-electron chi connectivity index (χ4n) is 4.28. The number of amides is 3. The SMILES string of the molecule is Cc1ccc(NC(=O)C2CCCCC2CN2C(=O)c3ccccc3C2=O)cc1. The fourth-order valence-corrected chi connectivity index (χ4v) is 4.28. The van der Waals surface area contributed by atoms with Crippen molar-refractivity contribution in [2.45, 2.75) is 32.6 Å². The average molecular weight is 376 g/mol. The molecule has 1 aliphatic carbocycles. The first-order chi connectivity index (χ1) is 13.5. The maximum atomic E-state index is 12.9. The van der Waals surface area contributed by atoms with Gasteiger partial charge in [-0.25, -0.2) is 0 Å². The monoisotopic (exact) mass is 376 g/mol. The molecule has 2 atom stereocenters. The molecule has 0 spiro atoms. The van der Waals surface area contributed by atoms with E-state index in [1.807, 2.05) is 31.2 Å². The highest BCUT2D eigenvalue weighted by molar-refractivity contribution is 6.21. The van der Waals surface area contributed by atoms with Gasteiger partial charge in [-0.05, 0) is 49.9 Å². The Morgan fingerprint density at radius 2 is 1.57 bits per heavy atom. The zero-order valence-corrected chi connectivity index (χ0v) is 16.0. The average Bonchev–Trinajstić information content (AvgIpc) is 2.95. The van der Waals surface area contributed by atoms with Crippen LogP contribution in [0.2, 0.25) is 0 Å². The molecule has 144 valence electrons. The molecule has 3 amide bonds. The van der Waals surface area contributed by atoms with Crippen LogP contribution in [0.4, 0.5) is 5.69 Å². The highest BCUT2D eigenvalue weighted by Gasteiger charge is 2.39. The molecule has 1 fully saturated rings.